The van der Waals surface area contributed by atoms with Crippen LogP contribution in [0.2, 0.25) is 0 Å². The van der Waals surface area contributed by atoms with Gasteiger partial charge in [0.2, 0.25) is 10.9 Å². The summed E-state index contributed by atoms with van der Waals surface area (Å²) in [4.78, 5) is 26.0. The van der Waals surface area contributed by atoms with Gasteiger partial charge in [-0.2, -0.15) is 5.21 Å². The number of aromatic amines is 1. The normalized spacial score (nSPS) is 29.4. The second-order valence-corrected chi connectivity index (χ2v) is 9.97. The fraction of sp³-hybridized carbons (Fsp3) is 0.667. The van der Waals surface area contributed by atoms with Gasteiger partial charge in [-0.3, -0.25) is 15.4 Å². The van der Waals surface area contributed by atoms with Gasteiger partial charge in [0.05, 0.1) is 0 Å². The van der Waals surface area contributed by atoms with E-state index in [9.17, 15) is 14.7 Å². The van der Waals surface area contributed by atoms with E-state index in [1.54, 1.807) is 0 Å². The molecule has 1 amide bonds. The second-order valence-electron chi connectivity index (χ2n) is 7.47. The van der Waals surface area contributed by atoms with Crippen molar-refractivity contribution in [1.82, 2.24) is 25.5 Å². The van der Waals surface area contributed by atoms with Crippen LogP contribution >= 0.6 is 23.5 Å². The summed E-state index contributed by atoms with van der Waals surface area (Å²) in [5.41, 5.74) is 4.90. The topological polar surface area (TPSA) is 147 Å². The molecule has 1 aromatic heterocycles. The fourth-order valence-corrected chi connectivity index (χ4v) is 6.10. The number of β-lactam (4-membered cyclic amide) rings is 1. The standard InChI is InChI=1S/C15H22N6O4S2/c1-6(26-13-17-19-20-18-13)7-8(10(22)23)21-11(24)15(16,25-5)12(21)27-9(7)14(2,3)4/h6,9,12H,16H2,1-5H3,(H,22,23)(H,17,18,19,20)/t6?,9?,12-,15-/m0/s1. The number of aliphatic carboxylic acids is 1. The number of nitrogens with zero attached hydrogens (tertiary/aromatic N) is 4. The molecule has 148 valence electrons. The largest absolute Gasteiger partial charge is 0.477 e. The molecule has 2 unspecified atom stereocenters. The summed E-state index contributed by atoms with van der Waals surface area (Å²) in [7, 11) is 1.36. The number of ether oxygens (including phenoxy) is 1. The van der Waals surface area contributed by atoms with E-state index in [1.807, 2.05) is 27.7 Å². The highest BCUT2D eigenvalue weighted by molar-refractivity contribution is 8.01. The number of methoxy groups -OCH3 is 1. The molecular weight excluding hydrogens is 392 g/mol. The van der Waals surface area contributed by atoms with Crippen molar-refractivity contribution in [2.45, 2.75) is 54.5 Å². The number of carbonyl (C=O) groups is 2. The van der Waals surface area contributed by atoms with Gasteiger partial charge in [0.25, 0.3) is 5.91 Å². The molecule has 0 aliphatic carbocycles. The summed E-state index contributed by atoms with van der Waals surface area (Å²) < 4.78 is 5.24. The molecule has 4 atom stereocenters. The van der Waals surface area contributed by atoms with Gasteiger partial charge in [-0.25, -0.2) is 4.79 Å². The third kappa shape index (κ3) is 3.13. The molecule has 3 heterocycles. The van der Waals surface area contributed by atoms with Gasteiger partial charge < -0.3 is 9.84 Å². The Morgan fingerprint density at radius 2 is 2.19 bits per heavy atom. The predicted molar refractivity (Wildman–Crippen MR) is 99.6 cm³/mol. The van der Waals surface area contributed by atoms with Crippen LogP contribution in [-0.2, 0) is 14.3 Å². The van der Waals surface area contributed by atoms with Crippen LogP contribution in [0, 0.1) is 5.41 Å². The van der Waals surface area contributed by atoms with Crippen LogP contribution in [0.3, 0.4) is 0 Å². The fourth-order valence-electron chi connectivity index (χ4n) is 3.29. The molecule has 10 nitrogen and oxygen atoms in total. The van der Waals surface area contributed by atoms with Gasteiger partial charge in [0.15, 0.2) is 0 Å². The molecule has 0 bridgehead atoms. The van der Waals surface area contributed by atoms with Crippen LogP contribution < -0.4 is 5.73 Å². The van der Waals surface area contributed by atoms with E-state index in [2.05, 4.69) is 20.6 Å². The number of carboxylic acid groups (broad SMARTS) is 1. The number of amides is 1. The van der Waals surface area contributed by atoms with Crippen molar-refractivity contribution in [2.75, 3.05) is 7.11 Å². The predicted octanol–water partition coefficient (Wildman–Crippen LogP) is 0.650. The van der Waals surface area contributed by atoms with Crippen molar-refractivity contribution in [2.24, 2.45) is 11.1 Å². The van der Waals surface area contributed by atoms with Crippen LogP contribution in [-0.4, -0.2) is 71.2 Å². The number of hydrogen-bond acceptors (Lipinski definition) is 9. The molecule has 2 aliphatic rings. The van der Waals surface area contributed by atoms with E-state index in [0.717, 1.165) is 0 Å². The number of fused-ring (bicyclic) bond motifs is 1. The highest BCUT2D eigenvalue weighted by atomic mass is 32.2. The zero-order chi connectivity index (χ0) is 20.1. The van der Waals surface area contributed by atoms with Crippen LogP contribution in [0.15, 0.2) is 16.4 Å². The lowest BCUT2D eigenvalue weighted by Gasteiger charge is -2.57. The van der Waals surface area contributed by atoms with Gasteiger partial charge in [-0.15, -0.1) is 22.0 Å². The summed E-state index contributed by atoms with van der Waals surface area (Å²) in [5, 5.41) is 23.0. The van der Waals surface area contributed by atoms with Crippen molar-refractivity contribution in [3.8, 4) is 0 Å². The molecule has 0 saturated carbocycles. The Kier molecular flexibility index (Phi) is 5.04. The van der Waals surface area contributed by atoms with Gasteiger partial charge >= 0.3 is 5.97 Å². The number of H-pyrrole nitrogens is 1. The average molecular weight is 415 g/mol. The maximum absolute atomic E-state index is 12.6. The number of thioether (sulfide) groups is 2. The molecule has 3 rings (SSSR count). The van der Waals surface area contributed by atoms with Crippen LogP contribution in [0.25, 0.3) is 0 Å². The van der Waals surface area contributed by atoms with Gasteiger partial charge in [-0.1, -0.05) is 32.5 Å². The third-order valence-electron chi connectivity index (χ3n) is 4.59. The molecule has 4 N–H and O–H groups in total. The molecule has 1 aromatic rings. The number of nitrogens with one attached hydrogen (secondary N) is 1. The lowest BCUT2D eigenvalue weighted by molar-refractivity contribution is -0.183. The smallest absolute Gasteiger partial charge is 0.352 e. The number of aromatic nitrogens is 4. The monoisotopic (exact) mass is 414 g/mol. The number of hydrogen-bond donors (Lipinski definition) is 3. The second kappa shape index (κ2) is 6.76. The summed E-state index contributed by atoms with van der Waals surface area (Å²) >= 11 is 2.73. The molecular formula is C15H22N6O4S2. The zero-order valence-electron chi connectivity index (χ0n) is 15.6. The Morgan fingerprint density at radius 3 is 2.67 bits per heavy atom. The highest BCUT2D eigenvalue weighted by Gasteiger charge is 2.66. The summed E-state index contributed by atoms with van der Waals surface area (Å²) in [5.74, 6) is -1.72. The Morgan fingerprint density at radius 1 is 1.52 bits per heavy atom. The first-order valence-corrected chi connectivity index (χ1v) is 10.0. The minimum atomic E-state index is -1.52. The first kappa shape index (κ1) is 20.1. The molecule has 0 radical (unpaired) electrons. The van der Waals surface area contributed by atoms with E-state index in [-0.39, 0.29) is 21.6 Å². The molecule has 0 spiro atoms. The Hall–Kier alpha value is -1.63. The zero-order valence-corrected chi connectivity index (χ0v) is 17.2. The Labute approximate surface area is 164 Å². The quantitative estimate of drug-likeness (QED) is 0.356. The maximum Gasteiger partial charge on any atom is 0.352 e. The molecule has 2 aliphatic heterocycles. The number of tetrazole rings is 1. The molecule has 12 heteroatoms. The van der Waals surface area contributed by atoms with Crippen LogP contribution in [0.4, 0.5) is 0 Å². The van der Waals surface area contributed by atoms with E-state index < -0.39 is 23.0 Å². The molecule has 1 saturated heterocycles. The SMILES string of the molecule is CO[C@@]1(N)C(=O)N2C(C(=O)O)=C(C(C)Sc3nn[nH]n3)C(C(C)(C)C)S[C@H]21. The van der Waals surface area contributed by atoms with Crippen molar-refractivity contribution in [1.29, 1.82) is 0 Å². The lowest BCUT2D eigenvalue weighted by Crippen LogP contribution is -2.79. The number of rotatable bonds is 5. The van der Waals surface area contributed by atoms with Gasteiger partial charge in [0.1, 0.15) is 11.1 Å². The molecule has 0 aromatic carbocycles. The first-order valence-electron chi connectivity index (χ1n) is 8.23. The lowest BCUT2D eigenvalue weighted by atomic mass is 9.83. The number of carbonyl (C=O) groups excluding carboxylic acids is 1. The Balaban J connectivity index is 2.11. The third-order valence-corrected chi connectivity index (χ3v) is 7.63. The molecule has 27 heavy (non-hydrogen) atoms. The van der Waals surface area contributed by atoms with Crippen molar-refractivity contribution >= 4 is 35.4 Å². The highest BCUT2D eigenvalue weighted by Crippen LogP contribution is 2.54. The average Bonchev–Trinajstić information content (AvgIpc) is 3.10. The van der Waals surface area contributed by atoms with Crippen LogP contribution in [0.1, 0.15) is 27.7 Å². The van der Waals surface area contributed by atoms with E-state index in [1.165, 1.54) is 35.5 Å². The van der Waals surface area contributed by atoms with Crippen molar-refractivity contribution in [3.05, 3.63) is 11.3 Å². The summed E-state index contributed by atoms with van der Waals surface area (Å²) in [6.45, 7) is 7.94. The van der Waals surface area contributed by atoms with Crippen molar-refractivity contribution < 1.29 is 19.4 Å². The first-order chi connectivity index (χ1) is 12.5. The maximum atomic E-state index is 12.6. The minimum absolute atomic E-state index is 0.0368. The Bertz CT molecular complexity index is 793. The number of nitrogens with two attached hydrogens (primary N) is 1. The molecule has 1 fully saturated rings. The number of carboxylic acids is 1. The van der Waals surface area contributed by atoms with E-state index >= 15 is 0 Å². The summed E-state index contributed by atoms with van der Waals surface area (Å²) in [6.07, 6.45) is 0. The van der Waals surface area contributed by atoms with E-state index in [0.29, 0.717) is 10.7 Å². The van der Waals surface area contributed by atoms with Gasteiger partial charge in [-0.05, 0) is 23.1 Å². The van der Waals surface area contributed by atoms with Gasteiger partial charge in [0, 0.05) is 17.6 Å². The van der Waals surface area contributed by atoms with Crippen molar-refractivity contribution in [3.63, 3.8) is 0 Å². The summed E-state index contributed by atoms with van der Waals surface area (Å²) in [6, 6.07) is 0. The minimum Gasteiger partial charge on any atom is -0.477 e. The van der Waals surface area contributed by atoms with E-state index in [4.69, 9.17) is 10.5 Å². The van der Waals surface area contributed by atoms with Crippen LogP contribution in [0.5, 0.6) is 0 Å².